The first-order chi connectivity index (χ1) is 15.0. The van der Waals surface area contributed by atoms with Crippen LogP contribution in [0.5, 0.6) is 5.75 Å². The number of phenols is 1. The monoisotopic (exact) mass is 442 g/mol. The zero-order valence-electron chi connectivity index (χ0n) is 16.6. The van der Waals surface area contributed by atoms with Crippen LogP contribution in [0.15, 0.2) is 34.2 Å². The molecular weight excluding hydrogens is 424 g/mol. The molecule has 1 fully saturated rings. The number of ketones is 2. The normalized spacial score (nSPS) is 31.5. The summed E-state index contributed by atoms with van der Waals surface area (Å²) in [5.74, 6) is -9.67. The summed E-state index contributed by atoms with van der Waals surface area (Å²) < 4.78 is 0. The average molecular weight is 442 g/mol. The largest absolute Gasteiger partial charge is 0.508 e. The Morgan fingerprint density at radius 3 is 2.53 bits per heavy atom. The standard InChI is InChI=1S/C20H18N4O8/c1-5-10-7(23-24-22)2-3-8(25)12(10)16(28)14-11(5)15(27)6-4-9(26)13(19(21)31)17(29)20(6,32)18(14)30/h2-3,5-6,11,15,25,27-29,32H,4H2,1H3,(H2,21,31)/t5-,6?,11?,15-,20+/m0/s1. The molecule has 32 heavy (non-hydrogen) atoms. The fourth-order valence-corrected chi connectivity index (χ4v) is 5.19. The molecule has 166 valence electrons. The molecule has 0 spiro atoms. The maximum Gasteiger partial charge on any atom is 0.255 e. The van der Waals surface area contributed by atoms with Crippen molar-refractivity contribution in [3.8, 4) is 5.75 Å². The van der Waals surface area contributed by atoms with E-state index in [0.717, 1.165) is 6.07 Å². The van der Waals surface area contributed by atoms with Crippen molar-refractivity contribution >= 4 is 28.9 Å². The summed E-state index contributed by atoms with van der Waals surface area (Å²) in [5.41, 5.74) is 9.59. The first kappa shape index (κ1) is 21.4. The van der Waals surface area contributed by atoms with Crippen molar-refractivity contribution in [2.24, 2.45) is 22.7 Å². The van der Waals surface area contributed by atoms with E-state index < -0.39 is 81.8 Å². The Bertz CT molecular complexity index is 1230. The highest BCUT2D eigenvalue weighted by Crippen LogP contribution is 2.57. The van der Waals surface area contributed by atoms with E-state index in [1.54, 1.807) is 6.92 Å². The molecule has 0 radical (unpaired) electrons. The van der Waals surface area contributed by atoms with E-state index in [2.05, 4.69) is 10.0 Å². The highest BCUT2D eigenvalue weighted by atomic mass is 16.4. The van der Waals surface area contributed by atoms with Crippen molar-refractivity contribution in [1.82, 2.24) is 0 Å². The van der Waals surface area contributed by atoms with Gasteiger partial charge < -0.3 is 31.3 Å². The van der Waals surface area contributed by atoms with Crippen LogP contribution in [-0.2, 0) is 14.4 Å². The third-order valence-electron chi connectivity index (χ3n) is 6.61. The molecular formula is C20H18N4O8. The Kier molecular flexibility index (Phi) is 4.56. The highest BCUT2D eigenvalue weighted by Gasteiger charge is 2.65. The number of aliphatic hydroxyl groups excluding tert-OH is 3. The summed E-state index contributed by atoms with van der Waals surface area (Å²) in [4.78, 5) is 40.2. The predicted molar refractivity (Wildman–Crippen MR) is 106 cm³/mol. The van der Waals surface area contributed by atoms with Crippen LogP contribution in [0, 0.1) is 11.8 Å². The number of aromatic hydroxyl groups is 1. The lowest BCUT2D eigenvalue weighted by molar-refractivity contribution is -0.160. The van der Waals surface area contributed by atoms with Gasteiger partial charge in [-0.2, -0.15) is 0 Å². The Labute approximate surface area is 179 Å². The van der Waals surface area contributed by atoms with Crippen molar-refractivity contribution in [2.75, 3.05) is 0 Å². The van der Waals surface area contributed by atoms with Gasteiger partial charge in [0.2, 0.25) is 5.78 Å². The van der Waals surface area contributed by atoms with Gasteiger partial charge in [-0.15, -0.1) is 0 Å². The summed E-state index contributed by atoms with van der Waals surface area (Å²) in [6.45, 7) is 1.54. The lowest BCUT2D eigenvalue weighted by Crippen LogP contribution is -2.63. The van der Waals surface area contributed by atoms with Crippen LogP contribution >= 0.6 is 0 Å². The van der Waals surface area contributed by atoms with Gasteiger partial charge in [0.1, 0.15) is 22.8 Å². The molecule has 1 aromatic rings. The Hall–Kier alpha value is -3.86. The van der Waals surface area contributed by atoms with E-state index in [4.69, 9.17) is 11.3 Å². The molecule has 0 aromatic heterocycles. The molecule has 1 amide bonds. The summed E-state index contributed by atoms with van der Waals surface area (Å²) in [7, 11) is 0. The fraction of sp³-hybridized carbons (Fsp3) is 0.350. The van der Waals surface area contributed by atoms with Gasteiger partial charge in [-0.1, -0.05) is 12.0 Å². The van der Waals surface area contributed by atoms with Gasteiger partial charge in [0.25, 0.3) is 5.91 Å². The molecule has 2 unspecified atom stereocenters. The summed E-state index contributed by atoms with van der Waals surface area (Å²) in [6.07, 6.45) is -2.32. The molecule has 0 heterocycles. The summed E-state index contributed by atoms with van der Waals surface area (Å²) in [5, 5.41) is 57.7. The van der Waals surface area contributed by atoms with Crippen LogP contribution < -0.4 is 5.73 Å². The van der Waals surface area contributed by atoms with E-state index >= 15 is 0 Å². The molecule has 12 nitrogen and oxygen atoms in total. The number of aliphatic hydroxyl groups is 4. The zero-order chi connectivity index (χ0) is 23.7. The number of rotatable bonds is 2. The number of phenolic OH excluding ortho intramolecular Hbond substituents is 1. The fourth-order valence-electron chi connectivity index (χ4n) is 5.19. The minimum absolute atomic E-state index is 0.0392. The van der Waals surface area contributed by atoms with Crippen LogP contribution in [0.4, 0.5) is 5.69 Å². The second-order valence-electron chi connectivity index (χ2n) is 8.07. The van der Waals surface area contributed by atoms with Gasteiger partial charge in [0, 0.05) is 34.4 Å². The number of Topliss-reactive ketones (excluding diaryl/α,β-unsaturated/α-hetero) is 2. The Morgan fingerprint density at radius 2 is 1.94 bits per heavy atom. The van der Waals surface area contributed by atoms with Gasteiger partial charge in [0.05, 0.1) is 11.7 Å². The first-order valence-electron chi connectivity index (χ1n) is 9.54. The summed E-state index contributed by atoms with van der Waals surface area (Å²) >= 11 is 0. The predicted octanol–water partition coefficient (Wildman–Crippen LogP) is 0.898. The van der Waals surface area contributed by atoms with Gasteiger partial charge in [-0.25, -0.2) is 0 Å². The number of carbonyl (C=O) groups is 3. The Morgan fingerprint density at radius 1 is 1.28 bits per heavy atom. The van der Waals surface area contributed by atoms with E-state index in [-0.39, 0.29) is 16.8 Å². The zero-order valence-corrected chi connectivity index (χ0v) is 16.6. The number of nitrogens with zero attached hydrogens (tertiary/aromatic N) is 3. The number of nitrogens with two attached hydrogens (primary N) is 1. The van der Waals surface area contributed by atoms with Gasteiger partial charge >= 0.3 is 0 Å². The van der Waals surface area contributed by atoms with Crippen LogP contribution in [0.3, 0.4) is 0 Å². The first-order valence-corrected chi connectivity index (χ1v) is 9.54. The lowest BCUT2D eigenvalue weighted by atomic mass is 9.55. The third kappa shape index (κ3) is 2.45. The van der Waals surface area contributed by atoms with Gasteiger partial charge in [0.15, 0.2) is 11.4 Å². The molecule has 0 saturated heterocycles. The maximum absolute atomic E-state index is 13.4. The number of benzene rings is 1. The number of amides is 1. The molecule has 12 heteroatoms. The second kappa shape index (κ2) is 6.82. The summed E-state index contributed by atoms with van der Waals surface area (Å²) in [6, 6.07) is 2.43. The lowest BCUT2D eigenvalue weighted by Gasteiger charge is -2.50. The quantitative estimate of drug-likeness (QED) is 0.166. The molecule has 3 aliphatic rings. The number of hydrogen-bond donors (Lipinski definition) is 6. The van der Waals surface area contributed by atoms with Gasteiger partial charge in [-0.05, 0) is 29.1 Å². The number of fused-ring (bicyclic) bond motifs is 3. The van der Waals surface area contributed by atoms with E-state index in [0.29, 0.717) is 0 Å². The maximum atomic E-state index is 13.4. The van der Waals surface area contributed by atoms with Crippen LogP contribution in [-0.4, -0.2) is 54.7 Å². The molecule has 1 saturated carbocycles. The van der Waals surface area contributed by atoms with E-state index in [1.165, 1.54) is 6.07 Å². The van der Waals surface area contributed by atoms with Crippen molar-refractivity contribution in [3.63, 3.8) is 0 Å². The minimum Gasteiger partial charge on any atom is -0.508 e. The third-order valence-corrected chi connectivity index (χ3v) is 6.61. The molecule has 3 aliphatic carbocycles. The molecule has 1 aromatic carbocycles. The smallest absolute Gasteiger partial charge is 0.255 e. The van der Waals surface area contributed by atoms with Crippen molar-refractivity contribution in [2.45, 2.75) is 31.0 Å². The molecule has 0 bridgehead atoms. The minimum atomic E-state index is -2.90. The highest BCUT2D eigenvalue weighted by molar-refractivity contribution is 6.23. The van der Waals surface area contributed by atoms with Crippen LogP contribution in [0.1, 0.15) is 30.4 Å². The number of azide groups is 1. The van der Waals surface area contributed by atoms with Crippen molar-refractivity contribution < 1.29 is 39.9 Å². The SMILES string of the molecule is C[C@H]1c2c(N=[N+]=[N-])ccc(O)c2C(O)=C2C(=O)[C@]3(O)C(O)=C(C(N)=O)C(=O)CC3[C@H](O)C21. The topological polar surface area (TPSA) is 227 Å². The molecule has 0 aliphatic heterocycles. The molecule has 5 atom stereocenters. The second-order valence-corrected chi connectivity index (χ2v) is 8.07. The Balaban J connectivity index is 2.05. The van der Waals surface area contributed by atoms with Gasteiger partial charge in [-0.3, -0.25) is 14.4 Å². The van der Waals surface area contributed by atoms with E-state index in [9.17, 15) is 39.9 Å². The van der Waals surface area contributed by atoms with Crippen molar-refractivity contribution in [3.05, 3.63) is 50.6 Å². The molecule has 7 N–H and O–H groups in total. The van der Waals surface area contributed by atoms with E-state index in [1.807, 2.05) is 0 Å². The number of carbonyl (C=O) groups excluding carboxylic acids is 3. The van der Waals surface area contributed by atoms with Crippen LogP contribution in [0.2, 0.25) is 0 Å². The average Bonchev–Trinajstić information content (AvgIpc) is 2.72. The number of hydrogen-bond acceptors (Lipinski definition) is 9. The number of primary amides is 1. The van der Waals surface area contributed by atoms with Crippen LogP contribution in [0.25, 0.3) is 16.2 Å². The van der Waals surface area contributed by atoms with Crippen molar-refractivity contribution in [1.29, 1.82) is 0 Å². The molecule has 4 rings (SSSR count).